The molecular weight excluding hydrogens is 561 g/mol. The van der Waals surface area contributed by atoms with Crippen LogP contribution >= 0.6 is 22.6 Å². The molecule has 0 aliphatic rings. The SMILES string of the molecule is O=C(O)CCC(=O)NCCCOCCOCCOCCOCCOCCOCCCCCCI. The minimum Gasteiger partial charge on any atom is -0.481 e. The number of alkyl halides is 1. The number of aliphatic carboxylic acids is 1. The lowest BCUT2D eigenvalue weighted by Crippen LogP contribution is -2.25. The molecule has 2 N–H and O–H groups in total. The first-order chi connectivity index (χ1) is 16.7. The van der Waals surface area contributed by atoms with Crippen LogP contribution in [0, 0.1) is 0 Å². The first kappa shape index (κ1) is 33.4. The van der Waals surface area contributed by atoms with Crippen molar-refractivity contribution >= 4 is 34.5 Å². The van der Waals surface area contributed by atoms with E-state index in [1.165, 1.54) is 23.7 Å². The van der Waals surface area contributed by atoms with Crippen molar-refractivity contribution < 1.29 is 43.1 Å². The Hall–Kier alpha value is -0.570. The molecule has 0 heterocycles. The maximum Gasteiger partial charge on any atom is 0.303 e. The molecule has 11 heteroatoms. The molecule has 0 spiro atoms. The van der Waals surface area contributed by atoms with Gasteiger partial charge < -0.3 is 38.8 Å². The van der Waals surface area contributed by atoms with E-state index in [0.717, 1.165) is 13.0 Å². The Balaban J connectivity index is 3.08. The van der Waals surface area contributed by atoms with Gasteiger partial charge in [-0.3, -0.25) is 9.59 Å². The van der Waals surface area contributed by atoms with Crippen LogP contribution in [0.1, 0.15) is 44.9 Å². The van der Waals surface area contributed by atoms with E-state index in [4.69, 9.17) is 33.5 Å². The standard InChI is InChI=1S/C23H44INO9/c24-8-3-1-2-4-10-29-12-14-31-16-18-33-20-21-34-19-17-32-15-13-30-11-5-9-25-22(26)6-7-23(27)28/h1-21H2,(H,25,26)(H,27,28). The Morgan fingerprint density at radius 2 is 0.971 bits per heavy atom. The third kappa shape index (κ3) is 29.5. The predicted octanol–water partition coefficient (Wildman–Crippen LogP) is 2.45. The van der Waals surface area contributed by atoms with E-state index < -0.39 is 5.97 Å². The summed E-state index contributed by atoms with van der Waals surface area (Å²) < 4.78 is 33.9. The summed E-state index contributed by atoms with van der Waals surface area (Å²) in [4.78, 5) is 21.7. The molecule has 0 aliphatic heterocycles. The molecule has 10 nitrogen and oxygen atoms in total. The second-order valence-corrected chi connectivity index (χ2v) is 8.45. The van der Waals surface area contributed by atoms with Crippen LogP contribution < -0.4 is 5.32 Å². The zero-order chi connectivity index (χ0) is 25.0. The number of hydrogen-bond donors (Lipinski definition) is 2. The highest BCUT2D eigenvalue weighted by Crippen LogP contribution is 2.02. The molecule has 0 radical (unpaired) electrons. The Bertz CT molecular complexity index is 458. The van der Waals surface area contributed by atoms with Crippen LogP contribution in [0.5, 0.6) is 0 Å². The molecule has 0 rings (SSSR count). The van der Waals surface area contributed by atoms with Crippen LogP contribution in [-0.4, -0.2) is 107 Å². The first-order valence-electron chi connectivity index (χ1n) is 12.2. The van der Waals surface area contributed by atoms with Gasteiger partial charge in [0.05, 0.1) is 72.5 Å². The summed E-state index contributed by atoms with van der Waals surface area (Å²) in [6, 6.07) is 0. The van der Waals surface area contributed by atoms with Gasteiger partial charge in [0.1, 0.15) is 0 Å². The van der Waals surface area contributed by atoms with Crippen LogP contribution in [-0.2, 0) is 38.0 Å². The van der Waals surface area contributed by atoms with E-state index in [0.29, 0.717) is 85.6 Å². The summed E-state index contributed by atoms with van der Waals surface area (Å²) in [7, 11) is 0. The van der Waals surface area contributed by atoms with Gasteiger partial charge in [0.25, 0.3) is 0 Å². The van der Waals surface area contributed by atoms with Crippen molar-refractivity contribution in [3.05, 3.63) is 0 Å². The normalized spacial score (nSPS) is 11.1. The minimum absolute atomic E-state index is 0.00172. The third-order valence-corrected chi connectivity index (χ3v) is 5.15. The molecule has 0 fully saturated rings. The average Bonchev–Trinajstić information content (AvgIpc) is 2.82. The number of nitrogens with one attached hydrogen (secondary N) is 1. The number of carbonyl (C=O) groups is 2. The Morgan fingerprint density at radius 1 is 0.559 bits per heavy atom. The van der Waals surface area contributed by atoms with E-state index in [1.54, 1.807) is 0 Å². The van der Waals surface area contributed by atoms with E-state index in [-0.39, 0.29) is 18.7 Å². The van der Waals surface area contributed by atoms with E-state index in [9.17, 15) is 9.59 Å². The first-order valence-corrected chi connectivity index (χ1v) is 13.7. The number of amides is 1. The maximum atomic E-state index is 11.3. The van der Waals surface area contributed by atoms with Crippen molar-refractivity contribution in [2.45, 2.75) is 44.9 Å². The van der Waals surface area contributed by atoms with Crippen molar-refractivity contribution in [2.24, 2.45) is 0 Å². The average molecular weight is 606 g/mol. The highest BCUT2D eigenvalue weighted by atomic mass is 127. The van der Waals surface area contributed by atoms with Crippen LogP contribution in [0.25, 0.3) is 0 Å². The smallest absolute Gasteiger partial charge is 0.303 e. The number of carboxylic acid groups (broad SMARTS) is 1. The highest BCUT2D eigenvalue weighted by molar-refractivity contribution is 14.1. The summed E-state index contributed by atoms with van der Waals surface area (Å²) in [5.41, 5.74) is 0. The lowest BCUT2D eigenvalue weighted by atomic mass is 10.2. The van der Waals surface area contributed by atoms with Gasteiger partial charge in [-0.15, -0.1) is 0 Å². The molecule has 0 saturated carbocycles. The summed E-state index contributed by atoms with van der Waals surface area (Å²) in [5.74, 6) is -1.23. The van der Waals surface area contributed by atoms with Crippen LogP contribution in [0.2, 0.25) is 0 Å². The number of unbranched alkanes of at least 4 members (excludes halogenated alkanes) is 3. The molecule has 0 aromatic rings. The second kappa shape index (κ2) is 28.7. The summed E-state index contributed by atoms with van der Waals surface area (Å²) in [5, 5.41) is 11.1. The van der Waals surface area contributed by atoms with Crippen molar-refractivity contribution in [2.75, 3.05) is 90.3 Å². The Labute approximate surface area is 217 Å². The molecule has 0 bridgehead atoms. The van der Waals surface area contributed by atoms with Crippen molar-refractivity contribution in [1.82, 2.24) is 5.32 Å². The van der Waals surface area contributed by atoms with Gasteiger partial charge in [-0.25, -0.2) is 0 Å². The number of rotatable bonds is 28. The molecule has 0 aliphatic carbocycles. The van der Waals surface area contributed by atoms with Crippen LogP contribution in [0.4, 0.5) is 0 Å². The van der Waals surface area contributed by atoms with Crippen molar-refractivity contribution in [3.63, 3.8) is 0 Å². The quantitative estimate of drug-likeness (QED) is 0.0787. The molecule has 34 heavy (non-hydrogen) atoms. The van der Waals surface area contributed by atoms with Gasteiger partial charge in [-0.2, -0.15) is 0 Å². The summed E-state index contributed by atoms with van der Waals surface area (Å²) in [6.07, 6.45) is 5.47. The van der Waals surface area contributed by atoms with Gasteiger partial charge in [-0.1, -0.05) is 35.4 Å². The number of hydrogen-bond acceptors (Lipinski definition) is 8. The summed E-state index contributed by atoms with van der Waals surface area (Å²) in [6.45, 7) is 7.08. The third-order valence-electron chi connectivity index (χ3n) is 4.39. The zero-order valence-corrected chi connectivity index (χ0v) is 22.6. The lowest BCUT2D eigenvalue weighted by Gasteiger charge is -2.08. The number of halogens is 1. The number of carboxylic acids is 1. The van der Waals surface area contributed by atoms with E-state index in [2.05, 4.69) is 27.9 Å². The van der Waals surface area contributed by atoms with Gasteiger partial charge in [0.2, 0.25) is 5.91 Å². The van der Waals surface area contributed by atoms with Crippen LogP contribution in [0.15, 0.2) is 0 Å². The van der Waals surface area contributed by atoms with E-state index in [1.807, 2.05) is 0 Å². The molecule has 0 saturated heterocycles. The topological polar surface area (TPSA) is 122 Å². The second-order valence-electron chi connectivity index (χ2n) is 7.37. The molecular formula is C23H44INO9. The summed E-state index contributed by atoms with van der Waals surface area (Å²) >= 11 is 2.41. The Morgan fingerprint density at radius 3 is 1.41 bits per heavy atom. The molecule has 0 unspecified atom stereocenters. The fraction of sp³-hybridized carbons (Fsp3) is 0.913. The molecule has 1 amide bonds. The monoisotopic (exact) mass is 605 g/mol. The fourth-order valence-electron chi connectivity index (χ4n) is 2.56. The Kier molecular flexibility index (Phi) is 28.2. The van der Waals surface area contributed by atoms with Gasteiger partial charge in [0, 0.05) is 26.2 Å². The molecule has 0 aromatic carbocycles. The van der Waals surface area contributed by atoms with Gasteiger partial charge >= 0.3 is 5.97 Å². The molecule has 202 valence electrons. The highest BCUT2D eigenvalue weighted by Gasteiger charge is 2.04. The fourth-order valence-corrected chi connectivity index (χ4v) is 3.10. The van der Waals surface area contributed by atoms with E-state index >= 15 is 0 Å². The number of carbonyl (C=O) groups excluding carboxylic acids is 1. The van der Waals surface area contributed by atoms with Gasteiger partial charge in [0.15, 0.2) is 0 Å². The number of ether oxygens (including phenoxy) is 6. The zero-order valence-electron chi connectivity index (χ0n) is 20.4. The van der Waals surface area contributed by atoms with Gasteiger partial charge in [-0.05, 0) is 23.7 Å². The minimum atomic E-state index is -0.974. The maximum absolute atomic E-state index is 11.3. The van der Waals surface area contributed by atoms with Crippen molar-refractivity contribution in [1.29, 1.82) is 0 Å². The van der Waals surface area contributed by atoms with Crippen LogP contribution in [0.3, 0.4) is 0 Å². The molecule has 0 atom stereocenters. The lowest BCUT2D eigenvalue weighted by molar-refractivity contribution is -0.138. The predicted molar refractivity (Wildman–Crippen MR) is 137 cm³/mol. The molecule has 0 aromatic heterocycles. The largest absolute Gasteiger partial charge is 0.481 e. The van der Waals surface area contributed by atoms with Crippen molar-refractivity contribution in [3.8, 4) is 0 Å².